The molecule has 3 nitrogen and oxygen atoms in total. The van der Waals surface area contributed by atoms with Crippen molar-refractivity contribution in [2.24, 2.45) is 0 Å². The number of nitrogens with one attached hydrogen (secondary N) is 1. The summed E-state index contributed by atoms with van der Waals surface area (Å²) in [5.74, 6) is 1.08. The van der Waals surface area contributed by atoms with Crippen LogP contribution in [-0.2, 0) is 6.54 Å². The fourth-order valence-corrected chi connectivity index (χ4v) is 1.95. The summed E-state index contributed by atoms with van der Waals surface area (Å²) in [5.41, 5.74) is 0.964. The standard InChI is InChI=1S/C13H12Cl2N2O/c1-16-8-9-3-2-6-17-13(9)18-12-5-4-10(14)7-11(12)15/h2-7,16H,8H2,1H3. The Labute approximate surface area is 116 Å². The van der Waals surface area contributed by atoms with Crippen LogP contribution in [0.4, 0.5) is 0 Å². The molecular weight excluding hydrogens is 271 g/mol. The summed E-state index contributed by atoms with van der Waals surface area (Å²) in [4.78, 5) is 4.20. The third kappa shape index (κ3) is 3.13. The van der Waals surface area contributed by atoms with Gasteiger partial charge in [-0.05, 0) is 31.3 Å². The highest BCUT2D eigenvalue weighted by atomic mass is 35.5. The third-order valence-corrected chi connectivity index (χ3v) is 2.85. The van der Waals surface area contributed by atoms with Gasteiger partial charge in [0.2, 0.25) is 5.88 Å². The highest BCUT2D eigenvalue weighted by Crippen LogP contribution is 2.31. The first-order valence-electron chi connectivity index (χ1n) is 5.42. The lowest BCUT2D eigenvalue weighted by molar-refractivity contribution is 0.454. The summed E-state index contributed by atoms with van der Waals surface area (Å²) in [7, 11) is 1.87. The number of ether oxygens (including phenoxy) is 1. The Morgan fingerprint density at radius 3 is 2.83 bits per heavy atom. The maximum Gasteiger partial charge on any atom is 0.223 e. The van der Waals surface area contributed by atoms with Crippen LogP contribution in [0.3, 0.4) is 0 Å². The maximum absolute atomic E-state index is 6.06. The van der Waals surface area contributed by atoms with E-state index in [0.717, 1.165) is 5.56 Å². The van der Waals surface area contributed by atoms with Crippen molar-refractivity contribution in [2.75, 3.05) is 7.05 Å². The van der Waals surface area contributed by atoms with Crippen molar-refractivity contribution in [2.45, 2.75) is 6.54 Å². The number of pyridine rings is 1. The summed E-state index contributed by atoms with van der Waals surface area (Å²) in [6, 6.07) is 8.90. The van der Waals surface area contributed by atoms with Crippen LogP contribution >= 0.6 is 23.2 Å². The van der Waals surface area contributed by atoms with Crippen LogP contribution in [0.2, 0.25) is 10.0 Å². The molecule has 5 heteroatoms. The molecule has 0 aliphatic carbocycles. The highest BCUT2D eigenvalue weighted by Gasteiger charge is 2.08. The van der Waals surface area contributed by atoms with E-state index in [1.807, 2.05) is 19.2 Å². The minimum Gasteiger partial charge on any atom is -0.437 e. The van der Waals surface area contributed by atoms with Crippen LogP contribution in [0.15, 0.2) is 36.5 Å². The van der Waals surface area contributed by atoms with Crippen molar-refractivity contribution < 1.29 is 4.74 Å². The van der Waals surface area contributed by atoms with Crippen molar-refractivity contribution in [3.8, 4) is 11.6 Å². The number of rotatable bonds is 4. The molecule has 94 valence electrons. The van der Waals surface area contributed by atoms with Crippen molar-refractivity contribution in [3.05, 3.63) is 52.1 Å². The Hall–Kier alpha value is -1.29. The van der Waals surface area contributed by atoms with Gasteiger partial charge in [-0.1, -0.05) is 29.3 Å². The molecular formula is C13H12Cl2N2O. The van der Waals surface area contributed by atoms with Gasteiger partial charge in [0.15, 0.2) is 0 Å². The first-order valence-corrected chi connectivity index (χ1v) is 6.17. The number of hydrogen-bond acceptors (Lipinski definition) is 3. The van der Waals surface area contributed by atoms with Gasteiger partial charge in [-0.3, -0.25) is 0 Å². The largest absolute Gasteiger partial charge is 0.437 e. The van der Waals surface area contributed by atoms with Gasteiger partial charge in [-0.25, -0.2) is 4.98 Å². The highest BCUT2D eigenvalue weighted by molar-refractivity contribution is 6.35. The molecule has 0 atom stereocenters. The van der Waals surface area contributed by atoms with E-state index in [1.165, 1.54) is 0 Å². The van der Waals surface area contributed by atoms with Crippen LogP contribution in [-0.4, -0.2) is 12.0 Å². The van der Waals surface area contributed by atoms with E-state index in [9.17, 15) is 0 Å². The molecule has 2 aromatic rings. The minimum absolute atomic E-state index is 0.462. The molecule has 1 heterocycles. The van der Waals surface area contributed by atoms with E-state index in [2.05, 4.69) is 10.3 Å². The first kappa shape index (κ1) is 13.1. The normalized spacial score (nSPS) is 10.4. The van der Waals surface area contributed by atoms with E-state index < -0.39 is 0 Å². The maximum atomic E-state index is 6.06. The second-order valence-corrected chi connectivity index (χ2v) is 4.52. The van der Waals surface area contributed by atoms with E-state index in [1.54, 1.807) is 24.4 Å². The average Bonchev–Trinajstić information content (AvgIpc) is 2.35. The van der Waals surface area contributed by atoms with Crippen LogP contribution in [0, 0.1) is 0 Å². The van der Waals surface area contributed by atoms with Crippen molar-refractivity contribution in [1.29, 1.82) is 0 Å². The molecule has 18 heavy (non-hydrogen) atoms. The quantitative estimate of drug-likeness (QED) is 0.924. The number of nitrogens with zero attached hydrogens (tertiary/aromatic N) is 1. The Morgan fingerprint density at radius 2 is 2.11 bits per heavy atom. The molecule has 0 radical (unpaired) electrons. The summed E-state index contributed by atoms with van der Waals surface area (Å²) in [5, 5.41) is 4.09. The van der Waals surface area contributed by atoms with Gasteiger partial charge in [0.25, 0.3) is 0 Å². The van der Waals surface area contributed by atoms with Crippen LogP contribution in [0.5, 0.6) is 11.6 Å². The van der Waals surface area contributed by atoms with Crippen LogP contribution in [0.25, 0.3) is 0 Å². The van der Waals surface area contributed by atoms with Gasteiger partial charge in [-0.2, -0.15) is 0 Å². The number of hydrogen-bond donors (Lipinski definition) is 1. The minimum atomic E-state index is 0.462. The second-order valence-electron chi connectivity index (χ2n) is 3.67. The summed E-state index contributed by atoms with van der Waals surface area (Å²) >= 11 is 11.9. The molecule has 0 aliphatic heterocycles. The fraction of sp³-hybridized carbons (Fsp3) is 0.154. The van der Waals surface area contributed by atoms with E-state index in [-0.39, 0.29) is 0 Å². The smallest absolute Gasteiger partial charge is 0.223 e. The zero-order valence-electron chi connectivity index (χ0n) is 9.78. The van der Waals surface area contributed by atoms with Crippen LogP contribution in [0.1, 0.15) is 5.56 Å². The Balaban J connectivity index is 2.28. The lowest BCUT2D eigenvalue weighted by Gasteiger charge is -2.10. The monoisotopic (exact) mass is 282 g/mol. The molecule has 1 aromatic carbocycles. The summed E-state index contributed by atoms with van der Waals surface area (Å²) in [6.45, 7) is 0.675. The van der Waals surface area contributed by atoms with E-state index >= 15 is 0 Å². The average molecular weight is 283 g/mol. The van der Waals surface area contributed by atoms with Gasteiger partial charge in [0, 0.05) is 23.3 Å². The Kier molecular flexibility index (Phi) is 4.42. The number of benzene rings is 1. The molecule has 0 saturated carbocycles. The zero-order valence-corrected chi connectivity index (χ0v) is 11.3. The Bertz CT molecular complexity index is 546. The predicted octanol–water partition coefficient (Wildman–Crippen LogP) is 3.90. The third-order valence-electron chi connectivity index (χ3n) is 2.32. The molecule has 0 bridgehead atoms. The first-order chi connectivity index (χ1) is 8.70. The molecule has 0 fully saturated rings. The molecule has 1 aromatic heterocycles. The molecule has 2 rings (SSSR count). The number of aromatic nitrogens is 1. The molecule has 0 aliphatic rings. The van der Waals surface area contributed by atoms with E-state index in [0.29, 0.717) is 28.2 Å². The lowest BCUT2D eigenvalue weighted by Crippen LogP contribution is -2.07. The van der Waals surface area contributed by atoms with E-state index in [4.69, 9.17) is 27.9 Å². The van der Waals surface area contributed by atoms with Gasteiger partial charge >= 0.3 is 0 Å². The Morgan fingerprint density at radius 1 is 1.28 bits per heavy atom. The van der Waals surface area contributed by atoms with Crippen molar-refractivity contribution in [1.82, 2.24) is 10.3 Å². The summed E-state index contributed by atoms with van der Waals surface area (Å²) in [6.07, 6.45) is 1.68. The molecule has 0 saturated heterocycles. The topological polar surface area (TPSA) is 34.2 Å². The number of halogens is 2. The summed E-state index contributed by atoms with van der Waals surface area (Å²) < 4.78 is 5.71. The van der Waals surface area contributed by atoms with Gasteiger partial charge in [0.1, 0.15) is 5.75 Å². The van der Waals surface area contributed by atoms with Gasteiger partial charge in [-0.15, -0.1) is 0 Å². The zero-order chi connectivity index (χ0) is 13.0. The molecule has 1 N–H and O–H groups in total. The lowest BCUT2D eigenvalue weighted by atomic mass is 10.2. The van der Waals surface area contributed by atoms with Gasteiger partial charge in [0.05, 0.1) is 5.02 Å². The SMILES string of the molecule is CNCc1cccnc1Oc1ccc(Cl)cc1Cl. The molecule has 0 spiro atoms. The molecule has 0 amide bonds. The van der Waals surface area contributed by atoms with Crippen LogP contribution < -0.4 is 10.1 Å². The molecule has 0 unspecified atom stereocenters. The fourth-order valence-electron chi connectivity index (χ4n) is 1.50. The predicted molar refractivity (Wildman–Crippen MR) is 73.5 cm³/mol. The van der Waals surface area contributed by atoms with Crippen molar-refractivity contribution in [3.63, 3.8) is 0 Å². The second kappa shape index (κ2) is 6.05. The van der Waals surface area contributed by atoms with Gasteiger partial charge < -0.3 is 10.1 Å². The van der Waals surface area contributed by atoms with Crippen molar-refractivity contribution >= 4 is 23.2 Å².